The molecule has 5 heteroatoms. The Morgan fingerprint density at radius 2 is 1.52 bits per heavy atom. The number of carbonyl (C=O) groups is 1. The third kappa shape index (κ3) is 4.99. The van der Waals surface area contributed by atoms with Crippen LogP contribution in [0.1, 0.15) is 15.9 Å². The lowest BCUT2D eigenvalue weighted by Crippen LogP contribution is -2.15. The summed E-state index contributed by atoms with van der Waals surface area (Å²) in [5.74, 6) is 0.596. The number of halogens is 1. The monoisotopic (exact) mass is 354 g/mol. The standard InChI is InChI=1S/C20H18N2O2.ClH/c21-16-10-12-17(13-11-16)22-20(23)19-9-5-4-6-15(19)14-24-18-7-2-1-3-8-18;/h1-13H,14,21H2,(H,22,23);1H. The molecule has 0 aromatic heterocycles. The fourth-order valence-electron chi connectivity index (χ4n) is 2.31. The van der Waals surface area contributed by atoms with Crippen molar-refractivity contribution in [1.29, 1.82) is 0 Å². The predicted octanol–water partition coefficient (Wildman–Crippen LogP) is 4.52. The highest BCUT2D eigenvalue weighted by Crippen LogP contribution is 2.17. The Kier molecular flexibility index (Phi) is 6.43. The molecule has 0 aliphatic rings. The molecule has 0 heterocycles. The highest BCUT2D eigenvalue weighted by atomic mass is 35.5. The maximum absolute atomic E-state index is 12.5. The number of nitrogens with one attached hydrogen (secondary N) is 1. The van der Waals surface area contributed by atoms with Gasteiger partial charge in [-0.25, -0.2) is 0 Å². The van der Waals surface area contributed by atoms with E-state index in [1.807, 2.05) is 48.5 Å². The van der Waals surface area contributed by atoms with Gasteiger partial charge >= 0.3 is 0 Å². The number of benzene rings is 3. The van der Waals surface area contributed by atoms with Gasteiger partial charge in [0.05, 0.1) is 0 Å². The molecule has 3 aromatic carbocycles. The minimum absolute atomic E-state index is 0. The number of carbonyl (C=O) groups excluding carboxylic acids is 1. The van der Waals surface area contributed by atoms with Crippen LogP contribution in [-0.4, -0.2) is 5.91 Å². The van der Waals surface area contributed by atoms with Gasteiger partial charge in [0.25, 0.3) is 5.91 Å². The van der Waals surface area contributed by atoms with E-state index in [9.17, 15) is 4.79 Å². The number of amides is 1. The Morgan fingerprint density at radius 3 is 2.24 bits per heavy atom. The number of nitrogen functional groups attached to an aromatic ring is 1. The average Bonchev–Trinajstić information content (AvgIpc) is 2.63. The molecule has 0 fully saturated rings. The summed E-state index contributed by atoms with van der Waals surface area (Å²) in [7, 11) is 0. The Morgan fingerprint density at radius 1 is 0.880 bits per heavy atom. The second-order valence-corrected chi connectivity index (χ2v) is 5.34. The summed E-state index contributed by atoms with van der Waals surface area (Å²) in [4.78, 5) is 12.5. The SMILES string of the molecule is Cl.Nc1ccc(NC(=O)c2ccccc2COc2ccccc2)cc1. The van der Waals surface area contributed by atoms with E-state index in [2.05, 4.69) is 5.32 Å². The smallest absolute Gasteiger partial charge is 0.256 e. The molecule has 3 aromatic rings. The predicted molar refractivity (Wildman–Crippen MR) is 103 cm³/mol. The van der Waals surface area contributed by atoms with Gasteiger partial charge in [-0.3, -0.25) is 4.79 Å². The number of rotatable bonds is 5. The van der Waals surface area contributed by atoms with Crippen molar-refractivity contribution < 1.29 is 9.53 Å². The molecule has 0 bridgehead atoms. The van der Waals surface area contributed by atoms with Gasteiger partial charge in [0, 0.05) is 22.5 Å². The molecule has 0 saturated carbocycles. The van der Waals surface area contributed by atoms with Crippen LogP contribution in [0.2, 0.25) is 0 Å². The van der Waals surface area contributed by atoms with Crippen LogP contribution in [0.25, 0.3) is 0 Å². The van der Waals surface area contributed by atoms with Gasteiger partial charge in [-0.15, -0.1) is 12.4 Å². The summed E-state index contributed by atoms with van der Waals surface area (Å²) in [6.45, 7) is 0.329. The van der Waals surface area contributed by atoms with Crippen LogP contribution in [0, 0.1) is 0 Å². The van der Waals surface area contributed by atoms with Crippen molar-refractivity contribution >= 4 is 29.7 Å². The lowest BCUT2D eigenvalue weighted by Gasteiger charge is -2.11. The van der Waals surface area contributed by atoms with Crippen LogP contribution in [-0.2, 0) is 6.61 Å². The van der Waals surface area contributed by atoms with Crippen LogP contribution in [0.15, 0.2) is 78.9 Å². The number of para-hydroxylation sites is 1. The molecule has 0 atom stereocenters. The van der Waals surface area contributed by atoms with E-state index < -0.39 is 0 Å². The van der Waals surface area contributed by atoms with Crippen molar-refractivity contribution in [2.75, 3.05) is 11.1 Å². The van der Waals surface area contributed by atoms with Gasteiger partial charge in [0.1, 0.15) is 12.4 Å². The zero-order valence-electron chi connectivity index (χ0n) is 13.5. The highest BCUT2D eigenvalue weighted by Gasteiger charge is 2.11. The minimum Gasteiger partial charge on any atom is -0.489 e. The zero-order valence-corrected chi connectivity index (χ0v) is 14.3. The molecule has 3 rings (SSSR count). The summed E-state index contributed by atoms with van der Waals surface area (Å²) < 4.78 is 5.75. The van der Waals surface area contributed by atoms with Crippen LogP contribution in [0.3, 0.4) is 0 Å². The minimum atomic E-state index is -0.174. The summed E-state index contributed by atoms with van der Waals surface area (Å²) in [5, 5.41) is 2.87. The maximum Gasteiger partial charge on any atom is 0.256 e. The first-order valence-electron chi connectivity index (χ1n) is 7.65. The topological polar surface area (TPSA) is 64.3 Å². The lowest BCUT2D eigenvalue weighted by molar-refractivity contribution is 0.102. The van der Waals surface area contributed by atoms with Gasteiger partial charge in [0.2, 0.25) is 0 Å². The average molecular weight is 355 g/mol. The molecule has 25 heavy (non-hydrogen) atoms. The highest BCUT2D eigenvalue weighted by molar-refractivity contribution is 6.05. The van der Waals surface area contributed by atoms with E-state index in [0.717, 1.165) is 11.3 Å². The summed E-state index contributed by atoms with van der Waals surface area (Å²) in [6, 6.07) is 24.0. The van der Waals surface area contributed by atoms with E-state index in [1.54, 1.807) is 30.3 Å². The fraction of sp³-hybridized carbons (Fsp3) is 0.0500. The van der Waals surface area contributed by atoms with Crippen molar-refractivity contribution in [3.05, 3.63) is 90.0 Å². The molecule has 1 amide bonds. The molecule has 0 aliphatic carbocycles. The van der Waals surface area contributed by atoms with Gasteiger partial charge in [-0.05, 0) is 42.5 Å². The molecule has 4 nitrogen and oxygen atoms in total. The lowest BCUT2D eigenvalue weighted by atomic mass is 10.1. The molecule has 128 valence electrons. The van der Waals surface area contributed by atoms with Crippen LogP contribution < -0.4 is 15.8 Å². The quantitative estimate of drug-likeness (QED) is 0.662. The van der Waals surface area contributed by atoms with Crippen molar-refractivity contribution in [2.45, 2.75) is 6.61 Å². The molecule has 0 unspecified atom stereocenters. The van der Waals surface area contributed by atoms with Crippen molar-refractivity contribution in [3.63, 3.8) is 0 Å². The summed E-state index contributed by atoms with van der Waals surface area (Å²) in [5.41, 5.74) is 8.43. The molecule has 0 radical (unpaired) electrons. The fourth-order valence-corrected chi connectivity index (χ4v) is 2.31. The molecule has 0 spiro atoms. The van der Waals surface area contributed by atoms with E-state index in [4.69, 9.17) is 10.5 Å². The van der Waals surface area contributed by atoms with Crippen molar-refractivity contribution in [1.82, 2.24) is 0 Å². The molecule has 0 saturated heterocycles. The first kappa shape index (κ1) is 18.4. The summed E-state index contributed by atoms with van der Waals surface area (Å²) >= 11 is 0. The third-order valence-corrected chi connectivity index (χ3v) is 3.57. The maximum atomic E-state index is 12.5. The first-order chi connectivity index (χ1) is 11.7. The normalized spacial score (nSPS) is 9.76. The number of hydrogen-bond donors (Lipinski definition) is 2. The summed E-state index contributed by atoms with van der Waals surface area (Å²) in [6.07, 6.45) is 0. The largest absolute Gasteiger partial charge is 0.489 e. The van der Waals surface area contributed by atoms with E-state index >= 15 is 0 Å². The molecule has 0 aliphatic heterocycles. The van der Waals surface area contributed by atoms with E-state index in [-0.39, 0.29) is 18.3 Å². The third-order valence-electron chi connectivity index (χ3n) is 3.57. The van der Waals surface area contributed by atoms with Gasteiger partial charge in [-0.1, -0.05) is 36.4 Å². The van der Waals surface area contributed by atoms with Crippen LogP contribution in [0.5, 0.6) is 5.75 Å². The Bertz CT molecular complexity index is 821. The zero-order chi connectivity index (χ0) is 16.8. The van der Waals surface area contributed by atoms with Crippen molar-refractivity contribution in [3.8, 4) is 5.75 Å². The number of ether oxygens (including phenoxy) is 1. The number of hydrogen-bond acceptors (Lipinski definition) is 3. The van der Waals surface area contributed by atoms with Crippen LogP contribution in [0.4, 0.5) is 11.4 Å². The van der Waals surface area contributed by atoms with Crippen LogP contribution >= 0.6 is 12.4 Å². The van der Waals surface area contributed by atoms with E-state index in [0.29, 0.717) is 23.5 Å². The first-order valence-corrected chi connectivity index (χ1v) is 7.65. The van der Waals surface area contributed by atoms with Gasteiger partial charge in [0.15, 0.2) is 0 Å². The van der Waals surface area contributed by atoms with E-state index in [1.165, 1.54) is 0 Å². The van der Waals surface area contributed by atoms with Gasteiger partial charge < -0.3 is 15.8 Å². The Labute approximate surface area is 153 Å². The second-order valence-electron chi connectivity index (χ2n) is 5.34. The number of anilines is 2. The molecular formula is C20H19ClN2O2. The van der Waals surface area contributed by atoms with Gasteiger partial charge in [-0.2, -0.15) is 0 Å². The number of nitrogens with two attached hydrogens (primary N) is 1. The Hall–Kier alpha value is -2.98. The Balaban J connectivity index is 0.00000225. The molecular weight excluding hydrogens is 336 g/mol. The van der Waals surface area contributed by atoms with Crippen molar-refractivity contribution in [2.24, 2.45) is 0 Å². The molecule has 3 N–H and O–H groups in total. The second kappa shape index (κ2) is 8.76.